The number of hydrogen-bond donors (Lipinski definition) is 1. The summed E-state index contributed by atoms with van der Waals surface area (Å²) in [7, 11) is 1.60. The number of piperazine rings is 1. The number of carbonyl (C=O) groups is 2. The molecule has 37 heavy (non-hydrogen) atoms. The Bertz CT molecular complexity index is 1390. The van der Waals surface area contributed by atoms with Crippen LogP contribution in [0.3, 0.4) is 0 Å². The van der Waals surface area contributed by atoms with E-state index in [0.29, 0.717) is 48.8 Å². The summed E-state index contributed by atoms with van der Waals surface area (Å²) in [6.45, 7) is 2.66. The minimum Gasteiger partial charge on any atom is -0.497 e. The van der Waals surface area contributed by atoms with Crippen LogP contribution in [0.5, 0.6) is 5.75 Å². The summed E-state index contributed by atoms with van der Waals surface area (Å²) in [4.78, 5) is 29.5. The minimum atomic E-state index is -0.388. The fraction of sp³-hybridized carbons (Fsp3) is 0.172. The Morgan fingerprint density at radius 1 is 0.892 bits per heavy atom. The molecule has 2 heterocycles. The molecule has 3 aromatic carbocycles. The highest BCUT2D eigenvalue weighted by Gasteiger charge is 2.22. The molecule has 5 rings (SSSR count). The van der Waals surface area contributed by atoms with Crippen molar-refractivity contribution in [2.75, 3.05) is 43.5 Å². The molecule has 0 bridgehead atoms. The van der Waals surface area contributed by atoms with Gasteiger partial charge in [0, 0.05) is 48.7 Å². The van der Waals surface area contributed by atoms with E-state index in [2.05, 4.69) is 10.2 Å². The van der Waals surface area contributed by atoms with Gasteiger partial charge in [0.1, 0.15) is 17.3 Å². The van der Waals surface area contributed by atoms with Crippen LogP contribution in [0.1, 0.15) is 20.9 Å². The zero-order chi connectivity index (χ0) is 25.8. The molecule has 1 aliphatic heterocycles. The standard InChI is InChI=1S/C29H26FN3O4/c1-36-25-11-5-20(6-12-25)29(35)33-17-15-32(16-18-33)24-9-7-23(8-10-24)31-28(34)27-14-13-26(37-27)21-3-2-4-22(30)19-21/h2-14,19H,15-18H2,1H3,(H,31,34). The van der Waals surface area contributed by atoms with E-state index in [-0.39, 0.29) is 23.4 Å². The Hall–Kier alpha value is -4.59. The highest BCUT2D eigenvalue weighted by molar-refractivity contribution is 6.02. The van der Waals surface area contributed by atoms with Gasteiger partial charge in [-0.05, 0) is 72.8 Å². The van der Waals surface area contributed by atoms with E-state index in [1.165, 1.54) is 12.1 Å². The monoisotopic (exact) mass is 499 g/mol. The van der Waals surface area contributed by atoms with E-state index < -0.39 is 0 Å². The van der Waals surface area contributed by atoms with Gasteiger partial charge in [-0.3, -0.25) is 9.59 Å². The molecule has 1 aromatic heterocycles. The van der Waals surface area contributed by atoms with Crippen molar-refractivity contribution in [3.63, 3.8) is 0 Å². The van der Waals surface area contributed by atoms with Gasteiger partial charge in [-0.2, -0.15) is 0 Å². The van der Waals surface area contributed by atoms with Gasteiger partial charge in [0.25, 0.3) is 11.8 Å². The van der Waals surface area contributed by atoms with Crippen molar-refractivity contribution in [1.82, 2.24) is 4.90 Å². The van der Waals surface area contributed by atoms with E-state index in [1.807, 2.05) is 29.2 Å². The van der Waals surface area contributed by atoms with Crippen LogP contribution in [0, 0.1) is 5.82 Å². The number of amides is 2. The van der Waals surface area contributed by atoms with E-state index in [0.717, 1.165) is 11.4 Å². The maximum absolute atomic E-state index is 13.5. The molecule has 0 atom stereocenters. The van der Waals surface area contributed by atoms with Gasteiger partial charge >= 0.3 is 0 Å². The molecular weight excluding hydrogens is 473 g/mol. The third-order valence-electron chi connectivity index (χ3n) is 6.33. The first-order valence-corrected chi connectivity index (χ1v) is 12.0. The van der Waals surface area contributed by atoms with Gasteiger partial charge < -0.3 is 24.3 Å². The van der Waals surface area contributed by atoms with Crippen LogP contribution in [0.4, 0.5) is 15.8 Å². The fourth-order valence-corrected chi connectivity index (χ4v) is 4.29. The number of anilines is 2. The van der Waals surface area contributed by atoms with Crippen molar-refractivity contribution in [3.05, 3.63) is 102 Å². The zero-order valence-electron chi connectivity index (χ0n) is 20.3. The number of nitrogens with one attached hydrogen (secondary N) is 1. The lowest BCUT2D eigenvalue weighted by Gasteiger charge is -2.36. The Morgan fingerprint density at radius 3 is 2.30 bits per heavy atom. The lowest BCUT2D eigenvalue weighted by atomic mass is 10.1. The second-order valence-electron chi connectivity index (χ2n) is 8.68. The molecule has 0 aliphatic carbocycles. The van der Waals surface area contributed by atoms with Crippen molar-refractivity contribution in [3.8, 4) is 17.1 Å². The van der Waals surface area contributed by atoms with Gasteiger partial charge in [-0.25, -0.2) is 4.39 Å². The Morgan fingerprint density at radius 2 is 1.62 bits per heavy atom. The maximum Gasteiger partial charge on any atom is 0.291 e. The second-order valence-corrected chi connectivity index (χ2v) is 8.68. The topological polar surface area (TPSA) is 75.0 Å². The number of furan rings is 1. The van der Waals surface area contributed by atoms with Crippen LogP contribution in [0.15, 0.2) is 89.3 Å². The van der Waals surface area contributed by atoms with Gasteiger partial charge in [0.05, 0.1) is 7.11 Å². The molecule has 8 heteroatoms. The second kappa shape index (κ2) is 10.6. The van der Waals surface area contributed by atoms with Crippen molar-refractivity contribution >= 4 is 23.2 Å². The van der Waals surface area contributed by atoms with Crippen molar-refractivity contribution in [2.45, 2.75) is 0 Å². The number of methoxy groups -OCH3 is 1. The largest absolute Gasteiger partial charge is 0.497 e. The molecule has 2 amide bonds. The number of carbonyl (C=O) groups excluding carboxylic acids is 2. The van der Waals surface area contributed by atoms with Crippen LogP contribution < -0.4 is 15.0 Å². The average Bonchev–Trinajstić information content (AvgIpc) is 3.44. The summed E-state index contributed by atoms with van der Waals surface area (Å²) in [5.41, 5.74) is 2.86. The highest BCUT2D eigenvalue weighted by atomic mass is 19.1. The summed E-state index contributed by atoms with van der Waals surface area (Å²) in [5.74, 6) is 0.537. The SMILES string of the molecule is COc1ccc(C(=O)N2CCN(c3ccc(NC(=O)c4ccc(-c5cccc(F)c5)o4)cc3)CC2)cc1. The molecule has 0 radical (unpaired) electrons. The van der Waals surface area contributed by atoms with Crippen LogP contribution in [0.2, 0.25) is 0 Å². The molecule has 1 aliphatic rings. The van der Waals surface area contributed by atoms with E-state index in [1.54, 1.807) is 55.6 Å². The molecule has 188 valence electrons. The summed E-state index contributed by atoms with van der Waals surface area (Å²) in [6.07, 6.45) is 0. The Kier molecular flexibility index (Phi) is 6.89. The summed E-state index contributed by atoms with van der Waals surface area (Å²) >= 11 is 0. The van der Waals surface area contributed by atoms with Crippen LogP contribution in [0.25, 0.3) is 11.3 Å². The summed E-state index contributed by atoms with van der Waals surface area (Å²) in [5, 5.41) is 2.83. The van der Waals surface area contributed by atoms with Crippen molar-refractivity contribution < 1.29 is 23.1 Å². The maximum atomic E-state index is 13.5. The number of ether oxygens (including phenoxy) is 1. The zero-order valence-corrected chi connectivity index (χ0v) is 20.3. The molecule has 1 N–H and O–H groups in total. The first-order chi connectivity index (χ1) is 18.0. The molecule has 0 spiro atoms. The predicted molar refractivity (Wildman–Crippen MR) is 140 cm³/mol. The van der Waals surface area contributed by atoms with E-state index >= 15 is 0 Å². The summed E-state index contributed by atoms with van der Waals surface area (Å²) < 4.78 is 24.3. The third kappa shape index (κ3) is 5.48. The smallest absolute Gasteiger partial charge is 0.291 e. The van der Waals surface area contributed by atoms with Crippen LogP contribution in [-0.4, -0.2) is 50.0 Å². The van der Waals surface area contributed by atoms with Gasteiger partial charge in [0.15, 0.2) is 5.76 Å². The lowest BCUT2D eigenvalue weighted by Crippen LogP contribution is -2.48. The van der Waals surface area contributed by atoms with E-state index in [4.69, 9.17) is 9.15 Å². The molecule has 7 nitrogen and oxygen atoms in total. The first kappa shape index (κ1) is 24.1. The number of benzene rings is 3. The molecule has 1 saturated heterocycles. The highest BCUT2D eigenvalue weighted by Crippen LogP contribution is 2.25. The molecule has 0 unspecified atom stereocenters. The minimum absolute atomic E-state index is 0.0128. The van der Waals surface area contributed by atoms with Gasteiger partial charge in [-0.1, -0.05) is 12.1 Å². The number of rotatable bonds is 6. The van der Waals surface area contributed by atoms with Crippen LogP contribution >= 0.6 is 0 Å². The third-order valence-corrected chi connectivity index (χ3v) is 6.33. The Labute approximate surface area is 214 Å². The average molecular weight is 500 g/mol. The lowest BCUT2D eigenvalue weighted by molar-refractivity contribution is 0.0746. The van der Waals surface area contributed by atoms with Gasteiger partial charge in [-0.15, -0.1) is 0 Å². The normalized spacial score (nSPS) is 13.4. The number of halogens is 1. The predicted octanol–water partition coefficient (Wildman–Crippen LogP) is 5.31. The number of hydrogen-bond acceptors (Lipinski definition) is 5. The van der Waals surface area contributed by atoms with Crippen molar-refractivity contribution in [1.29, 1.82) is 0 Å². The van der Waals surface area contributed by atoms with Gasteiger partial charge in [0.2, 0.25) is 0 Å². The number of nitrogens with zero attached hydrogens (tertiary/aromatic N) is 2. The molecule has 1 fully saturated rings. The molecule has 0 saturated carbocycles. The molecule has 4 aromatic rings. The molecular formula is C29H26FN3O4. The van der Waals surface area contributed by atoms with E-state index in [9.17, 15) is 14.0 Å². The quantitative estimate of drug-likeness (QED) is 0.389. The first-order valence-electron chi connectivity index (χ1n) is 12.0. The summed E-state index contributed by atoms with van der Waals surface area (Å²) in [6, 6.07) is 23.9. The van der Waals surface area contributed by atoms with Crippen molar-refractivity contribution in [2.24, 2.45) is 0 Å². The Balaban J connectivity index is 1.16. The fourth-order valence-electron chi connectivity index (χ4n) is 4.29. The van der Waals surface area contributed by atoms with Crippen LogP contribution in [-0.2, 0) is 0 Å².